The minimum Gasteiger partial charge on any atom is -0.383 e. The average Bonchev–Trinajstić information content (AvgIpc) is 3.19. The van der Waals surface area contributed by atoms with E-state index in [9.17, 15) is 0 Å². The van der Waals surface area contributed by atoms with Crippen LogP contribution in [0.15, 0.2) is 55.1 Å². The highest BCUT2D eigenvalue weighted by Gasteiger charge is 2.03. The third-order valence-corrected chi connectivity index (χ3v) is 3.32. The van der Waals surface area contributed by atoms with Gasteiger partial charge in [-0.25, -0.2) is 4.68 Å². The van der Waals surface area contributed by atoms with Crippen molar-refractivity contribution in [3.63, 3.8) is 0 Å². The Hall–Kier alpha value is -2.63. The molecule has 1 aromatic carbocycles. The number of nitrogens with one attached hydrogen (secondary N) is 1. The van der Waals surface area contributed by atoms with Crippen molar-refractivity contribution in [1.29, 1.82) is 0 Å². The maximum atomic E-state index is 4.21. The Morgan fingerprint density at radius 2 is 2.00 bits per heavy atom. The van der Waals surface area contributed by atoms with E-state index < -0.39 is 0 Å². The molecule has 3 aromatic rings. The molecule has 0 spiro atoms. The van der Waals surface area contributed by atoms with Crippen LogP contribution in [-0.2, 0) is 6.54 Å². The molecular formula is C15H18N6. The van der Waals surface area contributed by atoms with Crippen LogP contribution in [0, 0.1) is 0 Å². The molecule has 0 bridgehead atoms. The van der Waals surface area contributed by atoms with Gasteiger partial charge in [0, 0.05) is 30.7 Å². The highest BCUT2D eigenvalue weighted by atomic mass is 15.4. The van der Waals surface area contributed by atoms with Crippen LogP contribution in [0.5, 0.6) is 0 Å². The van der Waals surface area contributed by atoms with Crippen LogP contribution in [0.1, 0.15) is 13.3 Å². The predicted octanol–water partition coefficient (Wildman–Crippen LogP) is 2.35. The maximum absolute atomic E-state index is 4.21. The molecule has 0 radical (unpaired) electrons. The molecule has 0 saturated heterocycles. The fourth-order valence-electron chi connectivity index (χ4n) is 2.17. The van der Waals surface area contributed by atoms with Gasteiger partial charge in [0.25, 0.3) is 0 Å². The van der Waals surface area contributed by atoms with Gasteiger partial charge in [-0.15, -0.1) is 5.10 Å². The first-order valence-corrected chi connectivity index (χ1v) is 7.02. The Kier molecular flexibility index (Phi) is 3.95. The molecule has 108 valence electrons. The number of benzene rings is 1. The van der Waals surface area contributed by atoms with E-state index in [2.05, 4.69) is 39.8 Å². The fraction of sp³-hybridized carbons (Fsp3) is 0.267. The van der Waals surface area contributed by atoms with Gasteiger partial charge in [-0.1, -0.05) is 5.21 Å². The Morgan fingerprint density at radius 3 is 2.67 bits per heavy atom. The largest absolute Gasteiger partial charge is 0.383 e. The van der Waals surface area contributed by atoms with E-state index >= 15 is 0 Å². The Morgan fingerprint density at radius 1 is 1.14 bits per heavy atom. The van der Waals surface area contributed by atoms with Gasteiger partial charge in [-0.3, -0.25) is 4.68 Å². The summed E-state index contributed by atoms with van der Waals surface area (Å²) in [5.41, 5.74) is 2.11. The van der Waals surface area contributed by atoms with Gasteiger partial charge in [0.1, 0.15) is 0 Å². The molecule has 0 aliphatic heterocycles. The molecule has 0 unspecified atom stereocenters. The zero-order valence-corrected chi connectivity index (χ0v) is 11.9. The summed E-state index contributed by atoms with van der Waals surface area (Å²) >= 11 is 0. The van der Waals surface area contributed by atoms with Crippen LogP contribution in [-0.4, -0.2) is 30.8 Å². The molecule has 0 amide bonds. The van der Waals surface area contributed by atoms with Crippen molar-refractivity contribution in [2.24, 2.45) is 0 Å². The van der Waals surface area contributed by atoms with Gasteiger partial charge in [0.05, 0.1) is 18.1 Å². The average molecular weight is 282 g/mol. The number of anilines is 1. The number of nitrogens with zero attached hydrogens (tertiary/aromatic N) is 5. The molecule has 6 nitrogen and oxygen atoms in total. The molecule has 0 aliphatic carbocycles. The molecule has 0 aliphatic rings. The van der Waals surface area contributed by atoms with E-state index in [-0.39, 0.29) is 0 Å². The monoisotopic (exact) mass is 282 g/mol. The first-order chi connectivity index (χ1) is 10.3. The lowest BCUT2D eigenvalue weighted by atomic mass is 10.2. The number of rotatable bonds is 6. The molecule has 0 fully saturated rings. The molecule has 1 N–H and O–H groups in total. The summed E-state index contributed by atoms with van der Waals surface area (Å²) in [6.07, 6.45) is 8.31. The van der Waals surface area contributed by atoms with E-state index in [4.69, 9.17) is 0 Å². The minimum atomic E-state index is 0.381. The molecule has 2 aromatic heterocycles. The Labute approximate surface area is 123 Å². The summed E-state index contributed by atoms with van der Waals surface area (Å²) in [6.45, 7) is 3.09. The quantitative estimate of drug-likeness (QED) is 0.754. The molecule has 21 heavy (non-hydrogen) atoms. The topological polar surface area (TPSA) is 60.6 Å². The van der Waals surface area contributed by atoms with Crippen molar-refractivity contribution in [2.75, 3.05) is 5.32 Å². The predicted molar refractivity (Wildman–Crippen MR) is 81.3 cm³/mol. The van der Waals surface area contributed by atoms with Crippen LogP contribution in [0.2, 0.25) is 0 Å². The second-order valence-corrected chi connectivity index (χ2v) is 5.00. The first-order valence-electron chi connectivity index (χ1n) is 7.02. The van der Waals surface area contributed by atoms with Gasteiger partial charge >= 0.3 is 0 Å². The van der Waals surface area contributed by atoms with Crippen molar-refractivity contribution >= 4 is 5.69 Å². The van der Waals surface area contributed by atoms with Crippen molar-refractivity contribution < 1.29 is 0 Å². The normalized spacial score (nSPS) is 12.2. The van der Waals surface area contributed by atoms with Gasteiger partial charge in [0.15, 0.2) is 0 Å². The van der Waals surface area contributed by atoms with Crippen molar-refractivity contribution in [2.45, 2.75) is 25.9 Å². The molecule has 0 saturated carbocycles. The first kappa shape index (κ1) is 13.4. The summed E-state index contributed by atoms with van der Waals surface area (Å²) in [6, 6.07) is 10.5. The van der Waals surface area contributed by atoms with Gasteiger partial charge in [-0.2, -0.15) is 5.10 Å². The van der Waals surface area contributed by atoms with Crippen LogP contribution < -0.4 is 5.32 Å². The van der Waals surface area contributed by atoms with E-state index in [1.54, 1.807) is 17.1 Å². The number of aryl methyl sites for hydroxylation is 1. The lowest BCUT2D eigenvalue weighted by Crippen LogP contribution is -2.17. The van der Waals surface area contributed by atoms with E-state index in [1.165, 1.54) is 0 Å². The second kappa shape index (κ2) is 6.21. The second-order valence-electron chi connectivity index (χ2n) is 5.00. The molecule has 6 heteroatoms. The van der Waals surface area contributed by atoms with Gasteiger partial charge < -0.3 is 5.32 Å². The van der Waals surface area contributed by atoms with Crippen LogP contribution >= 0.6 is 0 Å². The molecule has 3 rings (SSSR count). The zero-order chi connectivity index (χ0) is 14.5. The number of hydrogen-bond acceptors (Lipinski definition) is 4. The Balaban J connectivity index is 1.55. The smallest absolute Gasteiger partial charge is 0.0697 e. The molecule has 2 heterocycles. The van der Waals surface area contributed by atoms with E-state index in [1.807, 2.05) is 35.3 Å². The maximum Gasteiger partial charge on any atom is 0.0697 e. The van der Waals surface area contributed by atoms with Crippen LogP contribution in [0.25, 0.3) is 5.69 Å². The third-order valence-electron chi connectivity index (χ3n) is 3.32. The standard InChI is InChI=1S/C15H18N6/c1-13(7-11-20-10-2-8-17-20)18-14-3-5-15(6-4-14)21-12-9-16-19-21/h2-6,8-10,12-13,18H,7,11H2,1H3/t13-/m1/s1. The summed E-state index contributed by atoms with van der Waals surface area (Å²) in [4.78, 5) is 0. The summed E-state index contributed by atoms with van der Waals surface area (Å²) in [5, 5.41) is 15.5. The van der Waals surface area contributed by atoms with Crippen molar-refractivity contribution in [3.8, 4) is 5.69 Å². The lowest BCUT2D eigenvalue weighted by molar-refractivity contribution is 0.546. The van der Waals surface area contributed by atoms with Crippen molar-refractivity contribution in [3.05, 3.63) is 55.1 Å². The number of hydrogen-bond donors (Lipinski definition) is 1. The third kappa shape index (κ3) is 3.47. The summed E-state index contributed by atoms with van der Waals surface area (Å²) in [5.74, 6) is 0. The van der Waals surface area contributed by atoms with E-state index in [0.29, 0.717) is 6.04 Å². The van der Waals surface area contributed by atoms with Crippen LogP contribution in [0.4, 0.5) is 5.69 Å². The summed E-state index contributed by atoms with van der Waals surface area (Å²) in [7, 11) is 0. The van der Waals surface area contributed by atoms with Crippen LogP contribution in [0.3, 0.4) is 0 Å². The zero-order valence-electron chi connectivity index (χ0n) is 11.9. The van der Waals surface area contributed by atoms with Gasteiger partial charge in [-0.05, 0) is 43.7 Å². The Bertz CT molecular complexity index is 642. The fourth-order valence-corrected chi connectivity index (χ4v) is 2.17. The van der Waals surface area contributed by atoms with Gasteiger partial charge in [0.2, 0.25) is 0 Å². The molecule has 1 atom stereocenters. The highest BCUT2D eigenvalue weighted by molar-refractivity contribution is 5.48. The summed E-state index contributed by atoms with van der Waals surface area (Å²) < 4.78 is 3.69. The minimum absolute atomic E-state index is 0.381. The highest BCUT2D eigenvalue weighted by Crippen LogP contribution is 2.14. The molecular weight excluding hydrogens is 264 g/mol. The lowest BCUT2D eigenvalue weighted by Gasteiger charge is -2.15. The van der Waals surface area contributed by atoms with E-state index in [0.717, 1.165) is 24.3 Å². The number of aromatic nitrogens is 5. The van der Waals surface area contributed by atoms with Crippen molar-refractivity contribution in [1.82, 2.24) is 24.8 Å². The SMILES string of the molecule is C[C@H](CCn1cccn1)Nc1ccc(-n2ccnn2)cc1.